The number of hydrogen-bond acceptors (Lipinski definition) is 3. The minimum Gasteiger partial charge on any atom is -0.319 e. The van der Waals surface area contributed by atoms with Gasteiger partial charge in [-0.1, -0.05) is 13.0 Å². The lowest BCUT2D eigenvalue weighted by Crippen LogP contribution is -2.49. The minimum absolute atomic E-state index is 0.805. The van der Waals surface area contributed by atoms with Crippen LogP contribution in [0.15, 0.2) is 17.5 Å². The van der Waals surface area contributed by atoms with Crippen molar-refractivity contribution >= 4 is 11.3 Å². The molecule has 1 fully saturated rings. The number of thiophene rings is 1. The van der Waals surface area contributed by atoms with Crippen molar-refractivity contribution in [3.63, 3.8) is 0 Å². The van der Waals surface area contributed by atoms with Crippen molar-refractivity contribution in [3.8, 4) is 0 Å². The van der Waals surface area contributed by atoms with Crippen molar-refractivity contribution < 1.29 is 0 Å². The molecule has 1 heterocycles. The largest absolute Gasteiger partial charge is 0.319 e. The molecule has 1 aliphatic carbocycles. The SMILES string of the molecule is CCN(Cc1cccs1)C1CCC1CNC. The lowest BCUT2D eigenvalue weighted by atomic mass is 9.78. The molecule has 0 aromatic carbocycles. The first kappa shape index (κ1) is 12.1. The van der Waals surface area contributed by atoms with Gasteiger partial charge >= 0.3 is 0 Å². The van der Waals surface area contributed by atoms with E-state index in [0.717, 1.165) is 18.5 Å². The van der Waals surface area contributed by atoms with E-state index in [0.29, 0.717) is 0 Å². The standard InChI is InChI=1S/C13H22N2S/c1-3-15(10-12-5-4-8-16-12)13-7-6-11(13)9-14-2/h4-5,8,11,13-14H,3,6-7,9-10H2,1-2H3. The van der Waals surface area contributed by atoms with Gasteiger partial charge in [-0.15, -0.1) is 11.3 Å². The zero-order chi connectivity index (χ0) is 11.4. The summed E-state index contributed by atoms with van der Waals surface area (Å²) in [6.45, 7) is 5.76. The third-order valence-corrected chi connectivity index (χ3v) is 4.52. The van der Waals surface area contributed by atoms with Crippen molar-refractivity contribution in [2.75, 3.05) is 20.1 Å². The summed E-state index contributed by atoms with van der Waals surface area (Å²) in [7, 11) is 2.06. The molecule has 0 radical (unpaired) electrons. The van der Waals surface area contributed by atoms with Gasteiger partial charge in [0.05, 0.1) is 0 Å². The molecule has 0 saturated heterocycles. The van der Waals surface area contributed by atoms with Crippen LogP contribution in [0.2, 0.25) is 0 Å². The molecule has 2 atom stereocenters. The number of nitrogens with zero attached hydrogens (tertiary/aromatic N) is 1. The summed E-state index contributed by atoms with van der Waals surface area (Å²) in [6, 6.07) is 5.21. The van der Waals surface area contributed by atoms with Crippen molar-refractivity contribution in [1.29, 1.82) is 0 Å². The minimum atomic E-state index is 0.805. The summed E-state index contributed by atoms with van der Waals surface area (Å²) in [5, 5.41) is 5.49. The Bertz CT molecular complexity index is 297. The maximum absolute atomic E-state index is 3.31. The monoisotopic (exact) mass is 238 g/mol. The molecule has 0 spiro atoms. The van der Waals surface area contributed by atoms with E-state index in [4.69, 9.17) is 0 Å². The van der Waals surface area contributed by atoms with Crippen LogP contribution < -0.4 is 5.32 Å². The van der Waals surface area contributed by atoms with Gasteiger partial charge in [0, 0.05) is 17.5 Å². The smallest absolute Gasteiger partial charge is 0.0330 e. The van der Waals surface area contributed by atoms with E-state index in [1.165, 1.54) is 30.8 Å². The lowest BCUT2D eigenvalue weighted by Gasteiger charge is -2.44. The second-order valence-electron chi connectivity index (χ2n) is 4.60. The highest BCUT2D eigenvalue weighted by atomic mass is 32.1. The third kappa shape index (κ3) is 2.65. The molecule has 1 aliphatic rings. The normalized spacial score (nSPS) is 24.7. The van der Waals surface area contributed by atoms with Crippen LogP contribution in [0.25, 0.3) is 0 Å². The number of rotatable bonds is 6. The van der Waals surface area contributed by atoms with Gasteiger partial charge in [0.1, 0.15) is 0 Å². The molecule has 90 valence electrons. The fourth-order valence-corrected chi connectivity index (χ4v) is 3.33. The highest BCUT2D eigenvalue weighted by Gasteiger charge is 2.34. The van der Waals surface area contributed by atoms with Crippen molar-refractivity contribution in [2.45, 2.75) is 32.4 Å². The average Bonchev–Trinajstić information content (AvgIpc) is 2.76. The maximum atomic E-state index is 3.31. The van der Waals surface area contributed by atoms with Gasteiger partial charge in [-0.2, -0.15) is 0 Å². The fraction of sp³-hybridized carbons (Fsp3) is 0.692. The van der Waals surface area contributed by atoms with Crippen LogP contribution >= 0.6 is 11.3 Å². The predicted molar refractivity (Wildman–Crippen MR) is 70.8 cm³/mol. The van der Waals surface area contributed by atoms with Crippen molar-refractivity contribution in [2.24, 2.45) is 5.92 Å². The molecule has 2 nitrogen and oxygen atoms in total. The predicted octanol–water partition coefficient (Wildman–Crippen LogP) is 2.57. The zero-order valence-corrected chi connectivity index (χ0v) is 11.1. The zero-order valence-electron chi connectivity index (χ0n) is 10.3. The summed E-state index contributed by atoms with van der Waals surface area (Å²) in [5.74, 6) is 0.866. The van der Waals surface area contributed by atoms with Crippen LogP contribution in [0, 0.1) is 5.92 Å². The Kier molecular flexibility index (Phi) is 4.38. The first-order valence-electron chi connectivity index (χ1n) is 6.26. The Balaban J connectivity index is 1.89. The van der Waals surface area contributed by atoms with Crippen LogP contribution in [-0.2, 0) is 6.54 Å². The third-order valence-electron chi connectivity index (χ3n) is 3.66. The molecule has 0 aliphatic heterocycles. The van der Waals surface area contributed by atoms with E-state index in [2.05, 4.69) is 41.7 Å². The fourth-order valence-electron chi connectivity index (χ4n) is 2.60. The summed E-state index contributed by atoms with van der Waals surface area (Å²) in [4.78, 5) is 4.13. The number of nitrogens with one attached hydrogen (secondary N) is 1. The van der Waals surface area contributed by atoms with Crippen LogP contribution in [0.3, 0.4) is 0 Å². The summed E-state index contributed by atoms with van der Waals surface area (Å²) < 4.78 is 0. The van der Waals surface area contributed by atoms with Gasteiger partial charge in [-0.25, -0.2) is 0 Å². The van der Waals surface area contributed by atoms with E-state index in [9.17, 15) is 0 Å². The first-order chi connectivity index (χ1) is 7.85. The summed E-state index contributed by atoms with van der Waals surface area (Å²) in [5.41, 5.74) is 0. The summed E-state index contributed by atoms with van der Waals surface area (Å²) in [6.07, 6.45) is 2.78. The average molecular weight is 238 g/mol. The topological polar surface area (TPSA) is 15.3 Å². The Labute approximate surface area is 103 Å². The molecule has 1 saturated carbocycles. The Morgan fingerprint density at radius 3 is 2.88 bits per heavy atom. The second kappa shape index (κ2) is 5.80. The molecule has 1 aromatic rings. The van der Waals surface area contributed by atoms with Crippen LogP contribution in [-0.4, -0.2) is 31.1 Å². The summed E-state index contributed by atoms with van der Waals surface area (Å²) >= 11 is 1.88. The lowest BCUT2D eigenvalue weighted by molar-refractivity contribution is 0.0617. The van der Waals surface area contributed by atoms with Gasteiger partial charge in [0.25, 0.3) is 0 Å². The van der Waals surface area contributed by atoms with Crippen LogP contribution in [0.5, 0.6) is 0 Å². The molecule has 1 N–H and O–H groups in total. The van der Waals surface area contributed by atoms with Gasteiger partial charge in [0.15, 0.2) is 0 Å². The Morgan fingerprint density at radius 2 is 2.38 bits per heavy atom. The molecule has 2 rings (SSSR count). The molecule has 16 heavy (non-hydrogen) atoms. The highest BCUT2D eigenvalue weighted by molar-refractivity contribution is 7.09. The molecule has 1 aromatic heterocycles. The van der Waals surface area contributed by atoms with E-state index in [1.807, 2.05) is 11.3 Å². The van der Waals surface area contributed by atoms with Crippen molar-refractivity contribution in [3.05, 3.63) is 22.4 Å². The molecular weight excluding hydrogens is 216 g/mol. The molecule has 0 bridgehead atoms. The molecular formula is C13H22N2S. The van der Waals surface area contributed by atoms with Crippen molar-refractivity contribution in [1.82, 2.24) is 10.2 Å². The second-order valence-corrected chi connectivity index (χ2v) is 5.64. The maximum Gasteiger partial charge on any atom is 0.0330 e. The highest BCUT2D eigenvalue weighted by Crippen LogP contribution is 2.32. The molecule has 0 amide bonds. The Hall–Kier alpha value is -0.380. The molecule has 2 unspecified atom stereocenters. The van der Waals surface area contributed by atoms with Gasteiger partial charge in [-0.3, -0.25) is 4.90 Å². The molecule has 3 heteroatoms. The van der Waals surface area contributed by atoms with Crippen LogP contribution in [0.4, 0.5) is 0 Å². The van der Waals surface area contributed by atoms with E-state index < -0.39 is 0 Å². The van der Waals surface area contributed by atoms with Crippen LogP contribution in [0.1, 0.15) is 24.6 Å². The van der Waals surface area contributed by atoms with Gasteiger partial charge < -0.3 is 5.32 Å². The van der Waals surface area contributed by atoms with E-state index >= 15 is 0 Å². The quantitative estimate of drug-likeness (QED) is 0.819. The first-order valence-corrected chi connectivity index (χ1v) is 7.14. The Morgan fingerprint density at radius 1 is 1.50 bits per heavy atom. The number of hydrogen-bond donors (Lipinski definition) is 1. The van der Waals surface area contributed by atoms with E-state index in [1.54, 1.807) is 0 Å². The van der Waals surface area contributed by atoms with Gasteiger partial charge in [-0.05, 0) is 50.3 Å². The van der Waals surface area contributed by atoms with E-state index in [-0.39, 0.29) is 0 Å². The van der Waals surface area contributed by atoms with Gasteiger partial charge in [0.2, 0.25) is 0 Å².